The summed E-state index contributed by atoms with van der Waals surface area (Å²) in [5.41, 5.74) is 9.89. The second kappa shape index (κ2) is 7.63. The monoisotopic (exact) mass is 420 g/mol. The van der Waals surface area contributed by atoms with Gasteiger partial charge in [-0.05, 0) is 65.9 Å². The normalized spacial score (nSPS) is 15.4. The van der Waals surface area contributed by atoms with Gasteiger partial charge in [0.05, 0.1) is 12.5 Å². The number of methoxy groups -OCH3 is 1. The summed E-state index contributed by atoms with van der Waals surface area (Å²) in [7, 11) is 1.64. The Morgan fingerprint density at radius 1 is 1.10 bits per heavy atom. The molecule has 1 saturated carbocycles. The fraction of sp³-hybridized carbons (Fsp3) is 0.240. The molecule has 0 spiro atoms. The van der Waals surface area contributed by atoms with Crippen LogP contribution in [0.1, 0.15) is 26.8 Å². The van der Waals surface area contributed by atoms with E-state index in [-0.39, 0.29) is 15.6 Å². The Kier molecular flexibility index (Phi) is 4.79. The van der Waals surface area contributed by atoms with Gasteiger partial charge in [-0.2, -0.15) is 0 Å². The van der Waals surface area contributed by atoms with E-state index < -0.39 is 5.41 Å². The maximum Gasteiger partial charge on any atom is 0.235 e. The third-order valence-electron chi connectivity index (χ3n) is 6.04. The molecule has 3 aromatic carbocycles. The number of amides is 1. The van der Waals surface area contributed by atoms with E-state index in [9.17, 15) is 4.79 Å². The summed E-state index contributed by atoms with van der Waals surface area (Å²) in [4.78, 5) is 13.3. The number of benzene rings is 3. The second-order valence-corrected chi connectivity index (χ2v) is 7.92. The third kappa shape index (κ3) is 3.49. The van der Waals surface area contributed by atoms with Gasteiger partial charge < -0.3 is 25.3 Å². The van der Waals surface area contributed by atoms with Crippen LogP contribution in [0.15, 0.2) is 60.7 Å². The molecule has 1 fully saturated rings. The van der Waals surface area contributed by atoms with Gasteiger partial charge >= 0.3 is 0 Å². The number of nitrogens with two attached hydrogens (primary N) is 1. The van der Waals surface area contributed by atoms with Crippen LogP contribution in [0.3, 0.4) is 0 Å². The van der Waals surface area contributed by atoms with Crippen LogP contribution in [0.5, 0.6) is 17.2 Å². The van der Waals surface area contributed by atoms with Gasteiger partial charge in [0.2, 0.25) is 12.7 Å². The molecule has 1 heterocycles. The summed E-state index contributed by atoms with van der Waals surface area (Å²) < 4.78 is 16.4. The van der Waals surface area contributed by atoms with Crippen molar-refractivity contribution in [2.75, 3.05) is 19.2 Å². The average Bonchev–Trinajstić information content (AvgIpc) is 3.50. The second-order valence-electron chi connectivity index (χ2n) is 7.92. The van der Waals surface area contributed by atoms with Crippen molar-refractivity contribution in [2.24, 2.45) is 5.73 Å². The molecule has 3 aromatic rings. The molecule has 1 aliphatic carbocycles. The van der Waals surface area contributed by atoms with E-state index in [1.165, 1.54) is 0 Å². The Hall–Kier alpha value is -3.51. The lowest BCUT2D eigenvalue weighted by atomic mass is 9.94. The Balaban J connectivity index is 0.00000153. The number of ether oxygens (including phenoxy) is 3. The Morgan fingerprint density at radius 2 is 1.94 bits per heavy atom. The number of hydrogen-bond donors (Lipinski definition) is 2. The first-order valence-corrected chi connectivity index (χ1v) is 10.3. The van der Waals surface area contributed by atoms with Crippen LogP contribution in [0.4, 0.5) is 5.69 Å². The number of anilines is 1. The summed E-state index contributed by atoms with van der Waals surface area (Å²) in [6, 6.07) is 19.5. The highest BCUT2D eigenvalue weighted by Gasteiger charge is 2.51. The molecule has 6 nitrogen and oxygen atoms in total. The first-order valence-electron chi connectivity index (χ1n) is 10.3. The van der Waals surface area contributed by atoms with Crippen molar-refractivity contribution < 1.29 is 21.9 Å². The molecule has 0 bridgehead atoms. The highest BCUT2D eigenvalue weighted by atomic mass is 16.7. The number of carbonyl (C=O) groups excluding carboxylic acids is 1. The fourth-order valence-electron chi connectivity index (χ4n) is 4.09. The van der Waals surface area contributed by atoms with Gasteiger partial charge in [0, 0.05) is 20.6 Å². The highest BCUT2D eigenvalue weighted by molar-refractivity contribution is 6.02. The zero-order valence-corrected chi connectivity index (χ0v) is 17.3. The largest absolute Gasteiger partial charge is 0.496 e. The lowest BCUT2D eigenvalue weighted by Crippen LogP contribution is -2.27. The third-order valence-corrected chi connectivity index (χ3v) is 6.04. The molecule has 0 radical (unpaired) electrons. The fourth-order valence-corrected chi connectivity index (χ4v) is 4.09. The van der Waals surface area contributed by atoms with E-state index >= 15 is 0 Å². The molecule has 162 valence electrons. The van der Waals surface area contributed by atoms with Crippen LogP contribution < -0.4 is 25.3 Å². The van der Waals surface area contributed by atoms with Crippen molar-refractivity contribution in [3.8, 4) is 28.4 Å². The minimum absolute atomic E-state index is 0. The summed E-state index contributed by atoms with van der Waals surface area (Å²) in [6.07, 6.45) is 1.61. The Labute approximate surface area is 183 Å². The molecule has 3 N–H and O–H groups in total. The lowest BCUT2D eigenvalue weighted by Gasteiger charge is -2.18. The van der Waals surface area contributed by atoms with Crippen LogP contribution in [0.2, 0.25) is 0 Å². The molecule has 0 atom stereocenters. The van der Waals surface area contributed by atoms with Crippen LogP contribution in [-0.4, -0.2) is 19.8 Å². The molecule has 2 aliphatic rings. The molecule has 0 aromatic heterocycles. The molecule has 5 rings (SSSR count). The number of nitrogens with one attached hydrogen (secondary N) is 1. The molecule has 31 heavy (non-hydrogen) atoms. The first kappa shape index (κ1) is 19.5. The molecule has 0 unspecified atom stereocenters. The SMILES string of the molecule is COc1ccc(NC(=O)C2(c3ccc4c(c3)OCO4)CC2)cc1-c1cccc(CN)c1.[HH].[HH]. The lowest BCUT2D eigenvalue weighted by molar-refractivity contribution is -0.118. The van der Waals surface area contributed by atoms with Gasteiger partial charge in [-0.3, -0.25) is 4.79 Å². The highest BCUT2D eigenvalue weighted by Crippen LogP contribution is 2.51. The summed E-state index contributed by atoms with van der Waals surface area (Å²) in [6.45, 7) is 0.683. The number of hydrogen-bond acceptors (Lipinski definition) is 5. The molecule has 0 saturated heterocycles. The van der Waals surface area contributed by atoms with Crippen LogP contribution in [0.25, 0.3) is 11.1 Å². The minimum atomic E-state index is -0.527. The molecular weight excluding hydrogens is 392 g/mol. The molecule has 6 heteroatoms. The summed E-state index contributed by atoms with van der Waals surface area (Å²) >= 11 is 0. The van der Waals surface area contributed by atoms with Crippen molar-refractivity contribution in [2.45, 2.75) is 24.8 Å². The van der Waals surface area contributed by atoms with Gasteiger partial charge in [-0.1, -0.05) is 24.3 Å². The molecule has 1 aliphatic heterocycles. The number of carbonyl (C=O) groups is 1. The van der Waals surface area contributed by atoms with E-state index in [0.717, 1.165) is 52.3 Å². The summed E-state index contributed by atoms with van der Waals surface area (Å²) in [5.74, 6) is 2.14. The van der Waals surface area contributed by atoms with E-state index in [0.29, 0.717) is 12.3 Å². The Bertz CT molecular complexity index is 1160. The molecule has 1 amide bonds. The van der Waals surface area contributed by atoms with Crippen LogP contribution in [0, 0.1) is 0 Å². The first-order chi connectivity index (χ1) is 15.1. The van der Waals surface area contributed by atoms with Crippen LogP contribution in [-0.2, 0) is 16.8 Å². The predicted octanol–water partition coefficient (Wildman–Crippen LogP) is 4.71. The average molecular weight is 421 g/mol. The maximum absolute atomic E-state index is 13.3. The van der Waals surface area contributed by atoms with Gasteiger partial charge in [0.25, 0.3) is 0 Å². The topological polar surface area (TPSA) is 82.8 Å². The smallest absolute Gasteiger partial charge is 0.235 e. The van der Waals surface area contributed by atoms with Gasteiger partial charge in [-0.15, -0.1) is 0 Å². The maximum atomic E-state index is 13.3. The zero-order valence-electron chi connectivity index (χ0n) is 17.3. The van der Waals surface area contributed by atoms with Crippen molar-refractivity contribution in [3.05, 3.63) is 71.8 Å². The van der Waals surface area contributed by atoms with Gasteiger partial charge in [0.15, 0.2) is 11.5 Å². The van der Waals surface area contributed by atoms with Gasteiger partial charge in [-0.25, -0.2) is 0 Å². The quantitative estimate of drug-likeness (QED) is 0.603. The van der Waals surface area contributed by atoms with E-state index in [4.69, 9.17) is 19.9 Å². The zero-order chi connectivity index (χ0) is 21.4. The van der Waals surface area contributed by atoms with Crippen molar-refractivity contribution in [1.82, 2.24) is 0 Å². The van der Waals surface area contributed by atoms with Crippen molar-refractivity contribution in [1.29, 1.82) is 0 Å². The van der Waals surface area contributed by atoms with E-state index in [1.807, 2.05) is 60.7 Å². The number of rotatable bonds is 6. The van der Waals surface area contributed by atoms with Crippen molar-refractivity contribution in [3.63, 3.8) is 0 Å². The van der Waals surface area contributed by atoms with Crippen LogP contribution >= 0.6 is 0 Å². The van der Waals surface area contributed by atoms with Gasteiger partial charge in [0.1, 0.15) is 5.75 Å². The van der Waals surface area contributed by atoms with E-state index in [2.05, 4.69) is 5.32 Å². The standard InChI is InChI=1S/C25H24N2O4.2H2/c1-29-21-8-6-19(13-20(21)17-4-2-3-16(11-17)14-26)27-24(28)25(9-10-25)18-5-7-22-23(12-18)31-15-30-22;;/h2-8,11-13H,9-10,14-15,26H2,1H3,(H,27,28);2*1H. The van der Waals surface area contributed by atoms with E-state index in [1.54, 1.807) is 7.11 Å². The predicted molar refractivity (Wildman–Crippen MR) is 123 cm³/mol. The number of fused-ring (bicyclic) bond motifs is 1. The van der Waals surface area contributed by atoms with Crippen molar-refractivity contribution >= 4 is 11.6 Å². The summed E-state index contributed by atoms with van der Waals surface area (Å²) in [5, 5.41) is 3.11. The molecular formula is C25H28N2O4. The minimum Gasteiger partial charge on any atom is -0.496 e. The Morgan fingerprint density at radius 3 is 2.71 bits per heavy atom.